The number of halogens is 1. The third-order valence-corrected chi connectivity index (χ3v) is 2.91. The zero-order chi connectivity index (χ0) is 11.8. The van der Waals surface area contributed by atoms with Gasteiger partial charge in [0.25, 0.3) is 0 Å². The lowest BCUT2D eigenvalue weighted by Gasteiger charge is -2.47. The van der Waals surface area contributed by atoms with Gasteiger partial charge in [0, 0.05) is 25.8 Å². The molecule has 1 aliphatic rings. The lowest BCUT2D eigenvalue weighted by atomic mass is 9.76. The molecule has 16 heavy (non-hydrogen) atoms. The first-order chi connectivity index (χ1) is 7.59. The largest absolute Gasteiger partial charge is 0.465 e. The van der Waals surface area contributed by atoms with Gasteiger partial charge in [0.2, 0.25) is 0 Å². The summed E-state index contributed by atoms with van der Waals surface area (Å²) < 4.78 is 13.5. The molecule has 0 aliphatic carbocycles. The number of likely N-dealkylation sites (tertiary alicyclic amines) is 1. The second-order valence-corrected chi connectivity index (χ2v) is 3.96. The molecule has 1 saturated heterocycles. The van der Waals surface area contributed by atoms with Gasteiger partial charge >= 0.3 is 6.09 Å². The Kier molecular flexibility index (Phi) is 2.51. The Hall–Kier alpha value is -1.69. The highest BCUT2D eigenvalue weighted by atomic mass is 19.1. The fraction of sp³-hybridized carbons (Fsp3) is 0.400. The van der Waals surface area contributed by atoms with Crippen LogP contribution in [-0.4, -0.2) is 40.7 Å². The molecule has 0 bridgehead atoms. The SMILES string of the molecule is NCC1(c2ncccc2F)CN(C(=O)O)C1. The molecule has 86 valence electrons. The summed E-state index contributed by atoms with van der Waals surface area (Å²) in [5, 5.41) is 8.75. The molecule has 0 atom stereocenters. The Labute approximate surface area is 91.7 Å². The van der Waals surface area contributed by atoms with Crippen molar-refractivity contribution in [2.24, 2.45) is 5.73 Å². The van der Waals surface area contributed by atoms with Crippen LogP contribution in [0.15, 0.2) is 18.3 Å². The Balaban J connectivity index is 2.26. The highest BCUT2D eigenvalue weighted by Crippen LogP contribution is 2.33. The minimum absolute atomic E-state index is 0.185. The molecule has 6 heteroatoms. The Bertz CT molecular complexity index is 418. The smallest absolute Gasteiger partial charge is 0.407 e. The van der Waals surface area contributed by atoms with Gasteiger partial charge in [-0.25, -0.2) is 9.18 Å². The maximum atomic E-state index is 13.5. The van der Waals surface area contributed by atoms with Gasteiger partial charge in [0.05, 0.1) is 11.1 Å². The standard InChI is InChI=1S/C10H12FN3O2/c11-7-2-1-3-13-8(7)10(4-12)5-14(6-10)9(15)16/h1-3H,4-6,12H2,(H,15,16). The lowest BCUT2D eigenvalue weighted by Crippen LogP contribution is -2.64. The molecule has 0 unspecified atom stereocenters. The summed E-state index contributed by atoms with van der Waals surface area (Å²) in [5.41, 5.74) is 5.20. The molecular formula is C10H12FN3O2. The number of aromatic nitrogens is 1. The average molecular weight is 225 g/mol. The average Bonchev–Trinajstić information content (AvgIpc) is 2.19. The topological polar surface area (TPSA) is 79.5 Å². The summed E-state index contributed by atoms with van der Waals surface area (Å²) in [7, 11) is 0. The van der Waals surface area contributed by atoms with E-state index in [0.717, 1.165) is 0 Å². The number of amides is 1. The second-order valence-electron chi connectivity index (χ2n) is 3.96. The van der Waals surface area contributed by atoms with Crippen molar-refractivity contribution in [1.82, 2.24) is 9.88 Å². The molecule has 3 N–H and O–H groups in total. The molecule has 0 spiro atoms. The summed E-state index contributed by atoms with van der Waals surface area (Å²) in [4.78, 5) is 15.8. The van der Waals surface area contributed by atoms with E-state index in [4.69, 9.17) is 10.8 Å². The van der Waals surface area contributed by atoms with Gasteiger partial charge in [0.1, 0.15) is 5.82 Å². The maximum absolute atomic E-state index is 13.5. The molecule has 1 fully saturated rings. The number of carboxylic acid groups (broad SMARTS) is 1. The number of nitrogens with two attached hydrogens (primary N) is 1. The molecule has 0 aromatic carbocycles. The minimum Gasteiger partial charge on any atom is -0.465 e. The van der Waals surface area contributed by atoms with Crippen molar-refractivity contribution in [1.29, 1.82) is 0 Å². The number of hydrogen-bond acceptors (Lipinski definition) is 3. The van der Waals surface area contributed by atoms with E-state index in [1.165, 1.54) is 23.2 Å². The van der Waals surface area contributed by atoms with Crippen LogP contribution in [0.2, 0.25) is 0 Å². The van der Waals surface area contributed by atoms with Crippen LogP contribution < -0.4 is 5.73 Å². The summed E-state index contributed by atoms with van der Waals surface area (Å²) in [6.07, 6.45) is 0.472. The highest BCUT2D eigenvalue weighted by Gasteiger charge is 2.48. The number of pyridine rings is 1. The minimum atomic E-state index is -1.01. The van der Waals surface area contributed by atoms with Gasteiger partial charge in [-0.1, -0.05) is 0 Å². The van der Waals surface area contributed by atoms with Crippen molar-refractivity contribution in [2.45, 2.75) is 5.41 Å². The molecule has 2 rings (SSSR count). The second kappa shape index (κ2) is 3.71. The number of rotatable bonds is 2. The maximum Gasteiger partial charge on any atom is 0.407 e. The van der Waals surface area contributed by atoms with Gasteiger partial charge in [-0.3, -0.25) is 4.98 Å². The third kappa shape index (κ3) is 1.51. The molecule has 1 aromatic rings. The normalized spacial score (nSPS) is 18.0. The van der Waals surface area contributed by atoms with Crippen LogP contribution in [0, 0.1) is 5.82 Å². The van der Waals surface area contributed by atoms with Gasteiger partial charge in [0.15, 0.2) is 0 Å². The van der Waals surface area contributed by atoms with Gasteiger partial charge in [-0.15, -0.1) is 0 Å². The monoisotopic (exact) mass is 225 g/mol. The molecule has 1 aromatic heterocycles. The third-order valence-electron chi connectivity index (χ3n) is 2.91. The van der Waals surface area contributed by atoms with Crippen molar-refractivity contribution in [2.75, 3.05) is 19.6 Å². The van der Waals surface area contributed by atoms with Crippen LogP contribution in [-0.2, 0) is 5.41 Å². The van der Waals surface area contributed by atoms with Gasteiger partial charge in [-0.05, 0) is 12.1 Å². The summed E-state index contributed by atoms with van der Waals surface area (Å²) in [6.45, 7) is 0.588. The van der Waals surface area contributed by atoms with Crippen LogP contribution in [0.3, 0.4) is 0 Å². The Morgan fingerprint density at radius 2 is 2.38 bits per heavy atom. The predicted molar refractivity (Wildman–Crippen MR) is 54.5 cm³/mol. The van der Waals surface area contributed by atoms with E-state index < -0.39 is 17.3 Å². The molecule has 0 saturated carbocycles. The van der Waals surface area contributed by atoms with Crippen LogP contribution in [0.25, 0.3) is 0 Å². The van der Waals surface area contributed by atoms with Crippen LogP contribution in [0.4, 0.5) is 9.18 Å². The van der Waals surface area contributed by atoms with Gasteiger partial charge in [-0.2, -0.15) is 0 Å². The Morgan fingerprint density at radius 1 is 1.69 bits per heavy atom. The molecule has 5 nitrogen and oxygen atoms in total. The predicted octanol–water partition coefficient (Wildman–Crippen LogP) is 0.411. The summed E-state index contributed by atoms with van der Waals surface area (Å²) in [6, 6.07) is 2.81. The van der Waals surface area contributed by atoms with Crippen molar-refractivity contribution < 1.29 is 14.3 Å². The Morgan fingerprint density at radius 3 is 2.88 bits per heavy atom. The lowest BCUT2D eigenvalue weighted by molar-refractivity contribution is 0.0596. The van der Waals surface area contributed by atoms with Crippen molar-refractivity contribution in [3.05, 3.63) is 29.8 Å². The van der Waals surface area contributed by atoms with Crippen molar-refractivity contribution in [3.8, 4) is 0 Å². The first kappa shape index (κ1) is 10.8. The van der Waals surface area contributed by atoms with Crippen LogP contribution >= 0.6 is 0 Å². The van der Waals surface area contributed by atoms with E-state index in [1.807, 2.05) is 0 Å². The molecule has 1 amide bonds. The van der Waals surface area contributed by atoms with E-state index in [-0.39, 0.29) is 25.3 Å². The molecular weight excluding hydrogens is 213 g/mol. The molecule has 1 aliphatic heterocycles. The van der Waals surface area contributed by atoms with E-state index in [9.17, 15) is 9.18 Å². The van der Waals surface area contributed by atoms with Crippen LogP contribution in [0.5, 0.6) is 0 Å². The van der Waals surface area contributed by atoms with E-state index in [0.29, 0.717) is 0 Å². The summed E-state index contributed by atoms with van der Waals surface area (Å²) in [5.74, 6) is -0.432. The first-order valence-corrected chi connectivity index (χ1v) is 4.88. The van der Waals surface area contributed by atoms with E-state index in [1.54, 1.807) is 0 Å². The highest BCUT2D eigenvalue weighted by molar-refractivity contribution is 5.67. The fourth-order valence-electron chi connectivity index (χ4n) is 1.97. The summed E-state index contributed by atoms with van der Waals surface area (Å²) >= 11 is 0. The van der Waals surface area contributed by atoms with Gasteiger partial charge < -0.3 is 15.7 Å². The van der Waals surface area contributed by atoms with E-state index >= 15 is 0 Å². The van der Waals surface area contributed by atoms with Crippen LogP contribution in [0.1, 0.15) is 5.69 Å². The van der Waals surface area contributed by atoms with Crippen molar-refractivity contribution in [3.63, 3.8) is 0 Å². The molecule has 0 radical (unpaired) electrons. The first-order valence-electron chi connectivity index (χ1n) is 4.88. The van der Waals surface area contributed by atoms with E-state index in [2.05, 4.69) is 4.98 Å². The quantitative estimate of drug-likeness (QED) is 0.764. The zero-order valence-corrected chi connectivity index (χ0v) is 8.56. The number of nitrogens with zero attached hydrogens (tertiary/aromatic N) is 2. The fourth-order valence-corrected chi connectivity index (χ4v) is 1.97. The number of carbonyl (C=O) groups is 1. The number of hydrogen-bond donors (Lipinski definition) is 2. The van der Waals surface area contributed by atoms with Crippen molar-refractivity contribution >= 4 is 6.09 Å². The zero-order valence-electron chi connectivity index (χ0n) is 8.56. The molecule has 2 heterocycles.